The molecule has 0 heterocycles. The van der Waals surface area contributed by atoms with Gasteiger partial charge in [-0.3, -0.25) is 0 Å². The Kier molecular flexibility index (Phi) is 4.75. The lowest BCUT2D eigenvalue weighted by atomic mass is 9.99. The fourth-order valence-corrected chi connectivity index (χ4v) is 3.37. The second-order valence-corrected chi connectivity index (χ2v) is 7.01. The average molecular weight is 403 g/mol. The van der Waals surface area contributed by atoms with Crippen molar-refractivity contribution in [2.24, 2.45) is 0 Å². The predicted octanol–water partition coefficient (Wildman–Crippen LogP) is 6.51. The van der Waals surface area contributed by atoms with E-state index in [1.807, 2.05) is 6.07 Å². The van der Waals surface area contributed by atoms with Crippen LogP contribution < -0.4 is 0 Å². The van der Waals surface area contributed by atoms with Crippen LogP contribution in [0.15, 0.2) is 34.8 Å². The smallest absolute Gasteiger partial charge is 0.0659 e. The van der Waals surface area contributed by atoms with Gasteiger partial charge in [0.25, 0.3) is 0 Å². The standard InChI is InChI=1S/C16H15Br2Cl/c1-9-7-13(15(19)8-10(9)2)16(18)12-4-5-14(17)11(3)6-12/h4-8,16H,1-3H3. The van der Waals surface area contributed by atoms with Gasteiger partial charge in [-0.1, -0.05) is 61.7 Å². The van der Waals surface area contributed by atoms with Gasteiger partial charge < -0.3 is 0 Å². The van der Waals surface area contributed by atoms with E-state index in [-0.39, 0.29) is 4.83 Å². The van der Waals surface area contributed by atoms with Crippen molar-refractivity contribution in [3.05, 3.63) is 67.6 Å². The molecule has 0 aliphatic rings. The van der Waals surface area contributed by atoms with E-state index in [0.29, 0.717) is 0 Å². The third-order valence-electron chi connectivity index (χ3n) is 3.36. The van der Waals surface area contributed by atoms with Crippen molar-refractivity contribution < 1.29 is 0 Å². The quantitative estimate of drug-likeness (QED) is 0.502. The van der Waals surface area contributed by atoms with E-state index in [0.717, 1.165) is 15.1 Å². The van der Waals surface area contributed by atoms with Crippen LogP contribution in [0.5, 0.6) is 0 Å². The highest BCUT2D eigenvalue weighted by Crippen LogP contribution is 2.37. The molecule has 2 aromatic carbocycles. The van der Waals surface area contributed by atoms with Gasteiger partial charge in [0.2, 0.25) is 0 Å². The van der Waals surface area contributed by atoms with Crippen molar-refractivity contribution in [1.82, 2.24) is 0 Å². The van der Waals surface area contributed by atoms with Crippen LogP contribution in [-0.4, -0.2) is 0 Å². The van der Waals surface area contributed by atoms with E-state index in [1.165, 1.54) is 22.3 Å². The summed E-state index contributed by atoms with van der Waals surface area (Å²) in [5.41, 5.74) is 6.04. The van der Waals surface area contributed by atoms with Gasteiger partial charge in [-0.2, -0.15) is 0 Å². The molecule has 100 valence electrons. The summed E-state index contributed by atoms with van der Waals surface area (Å²) < 4.78 is 1.13. The van der Waals surface area contributed by atoms with Gasteiger partial charge in [0.1, 0.15) is 0 Å². The number of alkyl halides is 1. The number of aryl methyl sites for hydroxylation is 3. The van der Waals surface area contributed by atoms with Gasteiger partial charge in [0.05, 0.1) is 4.83 Å². The highest BCUT2D eigenvalue weighted by atomic mass is 79.9. The molecule has 19 heavy (non-hydrogen) atoms. The molecule has 0 aromatic heterocycles. The van der Waals surface area contributed by atoms with Gasteiger partial charge in [-0.15, -0.1) is 0 Å². The zero-order chi connectivity index (χ0) is 14.2. The first kappa shape index (κ1) is 15.1. The van der Waals surface area contributed by atoms with Crippen LogP contribution in [0.3, 0.4) is 0 Å². The Morgan fingerprint density at radius 1 is 0.947 bits per heavy atom. The van der Waals surface area contributed by atoms with Crippen molar-refractivity contribution in [2.45, 2.75) is 25.6 Å². The van der Waals surface area contributed by atoms with Gasteiger partial charge in [0, 0.05) is 9.50 Å². The van der Waals surface area contributed by atoms with Crippen molar-refractivity contribution in [2.75, 3.05) is 0 Å². The van der Waals surface area contributed by atoms with Crippen molar-refractivity contribution in [1.29, 1.82) is 0 Å². The molecule has 0 aliphatic heterocycles. The minimum atomic E-state index is 0.117. The van der Waals surface area contributed by atoms with Crippen LogP contribution in [0.1, 0.15) is 32.6 Å². The molecule has 0 N–H and O–H groups in total. The maximum Gasteiger partial charge on any atom is 0.0659 e. The first-order valence-corrected chi connectivity index (χ1v) is 8.15. The van der Waals surface area contributed by atoms with Crippen LogP contribution >= 0.6 is 43.5 Å². The molecular formula is C16H15Br2Cl. The van der Waals surface area contributed by atoms with Gasteiger partial charge in [0.15, 0.2) is 0 Å². The maximum atomic E-state index is 6.38. The van der Waals surface area contributed by atoms with Crippen LogP contribution in [0.25, 0.3) is 0 Å². The number of hydrogen-bond donors (Lipinski definition) is 0. The normalized spacial score (nSPS) is 12.5. The largest absolute Gasteiger partial charge is 0.0840 e. The molecule has 0 nitrogen and oxygen atoms in total. The van der Waals surface area contributed by atoms with Gasteiger partial charge in [-0.05, 0) is 60.7 Å². The summed E-state index contributed by atoms with van der Waals surface area (Å²) in [7, 11) is 0. The molecule has 0 radical (unpaired) electrons. The first-order chi connectivity index (χ1) is 8.90. The Bertz CT molecular complexity index is 620. The van der Waals surface area contributed by atoms with Crippen LogP contribution in [0.2, 0.25) is 5.02 Å². The average Bonchev–Trinajstić information content (AvgIpc) is 2.36. The molecule has 0 saturated carbocycles. The predicted molar refractivity (Wildman–Crippen MR) is 90.6 cm³/mol. The zero-order valence-corrected chi connectivity index (χ0v) is 15.0. The molecule has 2 rings (SSSR count). The lowest BCUT2D eigenvalue weighted by molar-refractivity contribution is 1.14. The van der Waals surface area contributed by atoms with Crippen LogP contribution in [0, 0.1) is 20.8 Å². The Morgan fingerprint density at radius 2 is 1.58 bits per heavy atom. The van der Waals surface area contributed by atoms with Crippen molar-refractivity contribution in [3.63, 3.8) is 0 Å². The molecule has 0 spiro atoms. The summed E-state index contributed by atoms with van der Waals surface area (Å²) in [5, 5.41) is 0.811. The number of rotatable bonds is 2. The number of benzene rings is 2. The monoisotopic (exact) mass is 400 g/mol. The van der Waals surface area contributed by atoms with Crippen molar-refractivity contribution in [3.8, 4) is 0 Å². The zero-order valence-electron chi connectivity index (χ0n) is 11.1. The van der Waals surface area contributed by atoms with Crippen molar-refractivity contribution >= 4 is 43.5 Å². The molecular weight excluding hydrogens is 387 g/mol. The lowest BCUT2D eigenvalue weighted by Gasteiger charge is -2.15. The molecule has 3 heteroatoms. The highest BCUT2D eigenvalue weighted by Gasteiger charge is 2.15. The third-order valence-corrected chi connectivity index (χ3v) is 5.60. The first-order valence-electron chi connectivity index (χ1n) is 6.07. The third kappa shape index (κ3) is 3.24. The fourth-order valence-electron chi connectivity index (χ4n) is 2.00. The summed E-state index contributed by atoms with van der Waals surface area (Å²) in [5.74, 6) is 0. The molecule has 0 saturated heterocycles. The molecule has 1 atom stereocenters. The molecule has 0 fully saturated rings. The van der Waals surface area contributed by atoms with E-state index in [1.54, 1.807) is 0 Å². The molecule has 1 unspecified atom stereocenters. The second-order valence-electron chi connectivity index (χ2n) is 4.83. The minimum absolute atomic E-state index is 0.117. The van der Waals surface area contributed by atoms with E-state index >= 15 is 0 Å². The maximum absolute atomic E-state index is 6.38. The topological polar surface area (TPSA) is 0 Å². The lowest BCUT2D eigenvalue weighted by Crippen LogP contribution is -1.97. The molecule has 2 aromatic rings. The molecule has 0 amide bonds. The van der Waals surface area contributed by atoms with E-state index in [2.05, 4.69) is 76.9 Å². The number of hydrogen-bond acceptors (Lipinski definition) is 0. The minimum Gasteiger partial charge on any atom is -0.0840 e. The molecule has 0 aliphatic carbocycles. The Labute approximate surface area is 136 Å². The van der Waals surface area contributed by atoms with Gasteiger partial charge >= 0.3 is 0 Å². The second kappa shape index (κ2) is 5.99. The fraction of sp³-hybridized carbons (Fsp3) is 0.250. The summed E-state index contributed by atoms with van der Waals surface area (Å²) in [6.45, 7) is 6.29. The molecule has 0 bridgehead atoms. The van der Waals surface area contributed by atoms with E-state index in [4.69, 9.17) is 11.6 Å². The summed E-state index contributed by atoms with van der Waals surface area (Å²) in [6.07, 6.45) is 0. The van der Waals surface area contributed by atoms with E-state index in [9.17, 15) is 0 Å². The number of halogens is 3. The van der Waals surface area contributed by atoms with Gasteiger partial charge in [-0.25, -0.2) is 0 Å². The van der Waals surface area contributed by atoms with E-state index < -0.39 is 0 Å². The van der Waals surface area contributed by atoms with Crippen LogP contribution in [-0.2, 0) is 0 Å². The summed E-state index contributed by atoms with van der Waals surface area (Å²) >= 11 is 13.7. The Balaban J connectivity index is 2.46. The SMILES string of the molecule is Cc1cc(Cl)c(C(Br)c2ccc(Br)c(C)c2)cc1C. The Morgan fingerprint density at radius 3 is 2.21 bits per heavy atom. The Hall–Kier alpha value is -0.310. The highest BCUT2D eigenvalue weighted by molar-refractivity contribution is 9.10. The summed E-state index contributed by atoms with van der Waals surface area (Å²) in [6, 6.07) is 10.6. The van der Waals surface area contributed by atoms with Crippen LogP contribution in [0.4, 0.5) is 0 Å². The summed E-state index contributed by atoms with van der Waals surface area (Å²) in [4.78, 5) is 0.117.